The molecule has 1 heterocycles. The first-order chi connectivity index (χ1) is 12.3. The third kappa shape index (κ3) is 3.43. The van der Waals surface area contributed by atoms with Crippen LogP contribution in [-0.4, -0.2) is 25.8 Å². The number of nitrogens with zero attached hydrogens (tertiary/aromatic N) is 1. The summed E-state index contributed by atoms with van der Waals surface area (Å²) in [5.41, 5.74) is 8.93. The number of aromatic nitrogens is 1. The van der Waals surface area contributed by atoms with E-state index in [1.54, 1.807) is 18.2 Å². The molecule has 4 nitrogen and oxygen atoms in total. The Bertz CT molecular complexity index is 1080. The molecule has 0 amide bonds. The van der Waals surface area contributed by atoms with Crippen molar-refractivity contribution in [1.82, 2.24) is 4.57 Å². The minimum absolute atomic E-state index is 0.0601. The van der Waals surface area contributed by atoms with Crippen molar-refractivity contribution in [2.75, 3.05) is 12.8 Å². The number of nitrogens with two attached hydrogens (primary N) is 1. The first kappa shape index (κ1) is 18.4. The molecule has 3 rings (SSSR count). The van der Waals surface area contributed by atoms with Crippen molar-refractivity contribution in [1.29, 1.82) is 0 Å². The van der Waals surface area contributed by atoms with Crippen LogP contribution in [0.15, 0.2) is 65.3 Å². The molecule has 3 aromatic rings. The molecule has 0 aliphatic carbocycles. The predicted octanol–water partition coefficient (Wildman–Crippen LogP) is 3.83. The zero-order chi connectivity index (χ0) is 18.9. The number of sulfone groups is 1. The molecule has 26 heavy (non-hydrogen) atoms. The Kier molecular flexibility index (Phi) is 4.98. The van der Waals surface area contributed by atoms with Gasteiger partial charge in [-0.1, -0.05) is 30.3 Å². The average Bonchev–Trinajstić information content (AvgIpc) is 2.86. The number of fused-ring (bicyclic) bond motifs is 1. The number of allylic oxidation sites excluding steroid dienone is 1. The van der Waals surface area contributed by atoms with E-state index in [1.165, 1.54) is 12.3 Å². The Balaban J connectivity index is 2.33. The van der Waals surface area contributed by atoms with E-state index >= 15 is 0 Å². The monoisotopic (exact) mass is 372 g/mol. The molecule has 0 aliphatic rings. The van der Waals surface area contributed by atoms with Crippen LogP contribution in [0.1, 0.15) is 5.69 Å². The van der Waals surface area contributed by atoms with E-state index in [9.17, 15) is 12.8 Å². The molecule has 0 bridgehead atoms. The predicted molar refractivity (Wildman–Crippen MR) is 103 cm³/mol. The van der Waals surface area contributed by atoms with Gasteiger partial charge in [0.15, 0.2) is 9.84 Å². The second-order valence-corrected chi connectivity index (χ2v) is 8.27. The van der Waals surface area contributed by atoms with Crippen LogP contribution in [0.25, 0.3) is 22.0 Å². The number of hydrogen-bond acceptors (Lipinski definition) is 3. The van der Waals surface area contributed by atoms with Crippen LogP contribution in [0, 0.1) is 6.92 Å². The minimum Gasteiger partial charge on any atom is -0.337 e. The summed E-state index contributed by atoms with van der Waals surface area (Å²) in [7, 11) is -3.34. The van der Waals surface area contributed by atoms with Crippen molar-refractivity contribution in [3.05, 3.63) is 66.1 Å². The number of benzene rings is 2. The van der Waals surface area contributed by atoms with Crippen LogP contribution in [-0.2, 0) is 16.4 Å². The lowest BCUT2D eigenvalue weighted by Crippen LogP contribution is -2.03. The Morgan fingerprint density at radius 1 is 1.19 bits per heavy atom. The van der Waals surface area contributed by atoms with Gasteiger partial charge in [0.25, 0.3) is 0 Å². The summed E-state index contributed by atoms with van der Waals surface area (Å²) >= 11 is 0. The van der Waals surface area contributed by atoms with Gasteiger partial charge in [-0.3, -0.25) is 0 Å². The number of halogens is 1. The van der Waals surface area contributed by atoms with Crippen molar-refractivity contribution in [2.24, 2.45) is 5.73 Å². The molecule has 0 fully saturated rings. The molecule has 0 saturated carbocycles. The van der Waals surface area contributed by atoms with E-state index in [0.29, 0.717) is 0 Å². The van der Waals surface area contributed by atoms with Crippen LogP contribution in [0.5, 0.6) is 0 Å². The van der Waals surface area contributed by atoms with Gasteiger partial charge in [-0.05, 0) is 36.8 Å². The molecule has 136 valence electrons. The fourth-order valence-corrected chi connectivity index (χ4v) is 3.86. The zero-order valence-electron chi connectivity index (χ0n) is 14.7. The van der Waals surface area contributed by atoms with Gasteiger partial charge >= 0.3 is 0 Å². The minimum atomic E-state index is -3.34. The first-order valence-electron chi connectivity index (χ1n) is 8.26. The lowest BCUT2D eigenvalue weighted by molar-refractivity contribution is 0.555. The highest BCUT2D eigenvalue weighted by Crippen LogP contribution is 2.36. The molecule has 1 aromatic heterocycles. The van der Waals surface area contributed by atoms with Gasteiger partial charge in [0, 0.05) is 35.0 Å². The van der Waals surface area contributed by atoms with Crippen molar-refractivity contribution in [2.45, 2.75) is 18.4 Å². The maximum Gasteiger partial charge on any atom is 0.175 e. The maximum absolute atomic E-state index is 14.1. The summed E-state index contributed by atoms with van der Waals surface area (Å²) in [4.78, 5) is 0.248. The molecular weight excluding hydrogens is 351 g/mol. The SMILES string of the molecule is Cc1c(-c2ccccc2)c2cc(S(C)(=O)=O)ccc2n1C/C(F)=C/CN. The maximum atomic E-state index is 14.1. The Morgan fingerprint density at radius 2 is 1.88 bits per heavy atom. The van der Waals surface area contributed by atoms with E-state index in [-0.39, 0.29) is 23.8 Å². The quantitative estimate of drug-likeness (QED) is 0.740. The summed E-state index contributed by atoms with van der Waals surface area (Å²) in [6, 6.07) is 14.7. The summed E-state index contributed by atoms with van der Waals surface area (Å²) in [5.74, 6) is -0.320. The van der Waals surface area contributed by atoms with Crippen molar-refractivity contribution in [3.63, 3.8) is 0 Å². The summed E-state index contributed by atoms with van der Waals surface area (Å²) < 4.78 is 40.0. The summed E-state index contributed by atoms with van der Waals surface area (Å²) in [6.07, 6.45) is 2.53. The molecule has 0 spiro atoms. The molecule has 0 aliphatic heterocycles. The van der Waals surface area contributed by atoms with Crippen molar-refractivity contribution in [3.8, 4) is 11.1 Å². The van der Waals surface area contributed by atoms with Crippen LogP contribution in [0.4, 0.5) is 4.39 Å². The third-order valence-electron chi connectivity index (χ3n) is 4.43. The van der Waals surface area contributed by atoms with Gasteiger partial charge in [-0.15, -0.1) is 0 Å². The van der Waals surface area contributed by atoms with Gasteiger partial charge in [0.2, 0.25) is 0 Å². The standard InChI is InChI=1S/C20H21FN2O2S/c1-14-20(15-6-4-3-5-7-15)18-12-17(26(2,24)25)8-9-19(18)23(14)13-16(21)10-11-22/h3-10,12H,11,13,22H2,1-2H3/b16-10-. The average molecular weight is 372 g/mol. The molecule has 0 saturated heterocycles. The topological polar surface area (TPSA) is 65.1 Å². The highest BCUT2D eigenvalue weighted by Gasteiger charge is 2.18. The third-order valence-corrected chi connectivity index (χ3v) is 5.54. The van der Waals surface area contributed by atoms with Crippen LogP contribution >= 0.6 is 0 Å². The van der Waals surface area contributed by atoms with Crippen molar-refractivity contribution < 1.29 is 12.8 Å². The Morgan fingerprint density at radius 3 is 2.50 bits per heavy atom. The molecule has 0 unspecified atom stereocenters. The second kappa shape index (κ2) is 7.05. The van der Waals surface area contributed by atoms with E-state index in [0.717, 1.165) is 27.7 Å². The van der Waals surface area contributed by atoms with E-state index in [4.69, 9.17) is 5.73 Å². The molecule has 6 heteroatoms. The summed E-state index contributed by atoms with van der Waals surface area (Å²) in [6.45, 7) is 2.11. The highest BCUT2D eigenvalue weighted by molar-refractivity contribution is 7.90. The zero-order valence-corrected chi connectivity index (χ0v) is 15.6. The normalized spacial score (nSPS) is 12.7. The van der Waals surface area contributed by atoms with Gasteiger partial charge in [-0.2, -0.15) is 0 Å². The van der Waals surface area contributed by atoms with Crippen molar-refractivity contribution >= 4 is 20.7 Å². The van der Waals surface area contributed by atoms with Gasteiger partial charge in [0.1, 0.15) is 5.83 Å². The number of hydrogen-bond donors (Lipinski definition) is 1. The van der Waals surface area contributed by atoms with E-state index in [1.807, 2.05) is 41.8 Å². The lowest BCUT2D eigenvalue weighted by Gasteiger charge is -2.08. The van der Waals surface area contributed by atoms with E-state index in [2.05, 4.69) is 0 Å². The van der Waals surface area contributed by atoms with Gasteiger partial charge in [0.05, 0.1) is 11.4 Å². The molecule has 0 atom stereocenters. The molecular formula is C20H21FN2O2S. The van der Waals surface area contributed by atoms with Crippen LogP contribution in [0.3, 0.4) is 0 Å². The smallest absolute Gasteiger partial charge is 0.175 e. The molecule has 2 N–H and O–H groups in total. The summed E-state index contributed by atoms with van der Waals surface area (Å²) in [5, 5.41) is 0.789. The molecule has 2 aromatic carbocycles. The molecule has 0 radical (unpaired) electrons. The van der Waals surface area contributed by atoms with Crippen LogP contribution in [0.2, 0.25) is 0 Å². The first-order valence-corrected chi connectivity index (χ1v) is 10.1. The number of rotatable bonds is 5. The Hall–Kier alpha value is -2.44. The fourth-order valence-electron chi connectivity index (χ4n) is 3.21. The van der Waals surface area contributed by atoms with Gasteiger partial charge in [-0.25, -0.2) is 12.8 Å². The van der Waals surface area contributed by atoms with Crippen LogP contribution < -0.4 is 5.73 Å². The highest BCUT2D eigenvalue weighted by atomic mass is 32.2. The largest absolute Gasteiger partial charge is 0.337 e. The lowest BCUT2D eigenvalue weighted by atomic mass is 10.0. The Labute approximate surface area is 152 Å². The van der Waals surface area contributed by atoms with Gasteiger partial charge < -0.3 is 10.3 Å². The fraction of sp³-hybridized carbons (Fsp3) is 0.200. The van der Waals surface area contributed by atoms with E-state index < -0.39 is 9.84 Å². The second-order valence-electron chi connectivity index (χ2n) is 6.25.